The van der Waals surface area contributed by atoms with E-state index >= 15 is 0 Å². The summed E-state index contributed by atoms with van der Waals surface area (Å²) >= 11 is 7.21. The number of carbonyl (C=O) groups is 3. The van der Waals surface area contributed by atoms with Crippen LogP contribution in [0.15, 0.2) is 58.7 Å². The molecular formula is C21H19ClN4O3S. The molecule has 0 bridgehead atoms. The predicted octanol–water partition coefficient (Wildman–Crippen LogP) is 3.88. The molecule has 3 rings (SSSR count). The number of hydrogen-bond acceptors (Lipinski definition) is 6. The highest BCUT2D eigenvalue weighted by Crippen LogP contribution is 2.26. The van der Waals surface area contributed by atoms with Crippen molar-refractivity contribution in [2.75, 3.05) is 5.32 Å². The van der Waals surface area contributed by atoms with Crippen LogP contribution in [0.25, 0.3) is 0 Å². The fraction of sp³-hybridized carbons (Fsp3) is 0.190. The smallest absolute Gasteiger partial charge is 0.240 e. The number of thioether (sulfide) groups is 1. The molecule has 2 amide bonds. The SMILES string of the molecule is CC(C)=N/N=C1\NC(=O)[C@@H](CC(=O)Nc2ccc(Cl)cc2C(=O)c2ccccc2)S1. The zero-order valence-electron chi connectivity index (χ0n) is 16.3. The number of amides is 2. The van der Waals surface area contributed by atoms with Crippen molar-refractivity contribution in [3.63, 3.8) is 0 Å². The molecule has 154 valence electrons. The highest BCUT2D eigenvalue weighted by atomic mass is 35.5. The number of carbonyl (C=O) groups excluding carboxylic acids is 3. The molecular weight excluding hydrogens is 424 g/mol. The molecule has 30 heavy (non-hydrogen) atoms. The van der Waals surface area contributed by atoms with E-state index in [-0.39, 0.29) is 23.7 Å². The van der Waals surface area contributed by atoms with Crippen LogP contribution in [0.2, 0.25) is 5.02 Å². The molecule has 2 aromatic carbocycles. The van der Waals surface area contributed by atoms with E-state index in [4.69, 9.17) is 11.6 Å². The Hall–Kier alpha value is -2.97. The Morgan fingerprint density at radius 2 is 1.90 bits per heavy atom. The van der Waals surface area contributed by atoms with Gasteiger partial charge in [0.15, 0.2) is 11.0 Å². The first kappa shape index (κ1) is 21.7. The van der Waals surface area contributed by atoms with Gasteiger partial charge in [0.1, 0.15) is 5.25 Å². The molecule has 1 fully saturated rings. The maximum Gasteiger partial charge on any atom is 0.240 e. The number of nitrogens with zero attached hydrogens (tertiary/aromatic N) is 2. The maximum absolute atomic E-state index is 12.9. The Balaban J connectivity index is 1.73. The van der Waals surface area contributed by atoms with Gasteiger partial charge in [0.05, 0.1) is 5.69 Å². The average Bonchev–Trinajstić information content (AvgIpc) is 3.07. The Bertz CT molecular complexity index is 1050. The maximum atomic E-state index is 12.9. The van der Waals surface area contributed by atoms with Gasteiger partial charge in [0.25, 0.3) is 0 Å². The Morgan fingerprint density at radius 3 is 2.60 bits per heavy atom. The fourth-order valence-corrected chi connectivity index (χ4v) is 3.75. The van der Waals surface area contributed by atoms with Gasteiger partial charge >= 0.3 is 0 Å². The van der Waals surface area contributed by atoms with E-state index in [1.807, 2.05) is 6.07 Å². The molecule has 1 aliphatic rings. The third-order valence-electron chi connectivity index (χ3n) is 4.02. The van der Waals surface area contributed by atoms with Crippen molar-refractivity contribution in [2.24, 2.45) is 10.2 Å². The first-order valence-corrected chi connectivity index (χ1v) is 10.3. The summed E-state index contributed by atoms with van der Waals surface area (Å²) < 4.78 is 0. The second-order valence-electron chi connectivity index (χ2n) is 6.69. The van der Waals surface area contributed by atoms with Crippen molar-refractivity contribution in [2.45, 2.75) is 25.5 Å². The van der Waals surface area contributed by atoms with Gasteiger partial charge in [-0.3, -0.25) is 14.4 Å². The van der Waals surface area contributed by atoms with Crippen LogP contribution < -0.4 is 10.6 Å². The van der Waals surface area contributed by atoms with E-state index in [2.05, 4.69) is 20.8 Å². The van der Waals surface area contributed by atoms with Crippen LogP contribution in [0.5, 0.6) is 0 Å². The van der Waals surface area contributed by atoms with E-state index in [1.165, 1.54) is 6.07 Å². The van der Waals surface area contributed by atoms with E-state index in [1.54, 1.807) is 50.2 Å². The molecule has 0 aromatic heterocycles. The van der Waals surface area contributed by atoms with E-state index in [0.717, 1.165) is 17.5 Å². The molecule has 1 heterocycles. The predicted molar refractivity (Wildman–Crippen MR) is 120 cm³/mol. The summed E-state index contributed by atoms with van der Waals surface area (Å²) in [5.74, 6) is -0.971. The number of anilines is 1. The van der Waals surface area contributed by atoms with Gasteiger partial charge < -0.3 is 10.6 Å². The molecule has 9 heteroatoms. The van der Waals surface area contributed by atoms with Gasteiger partial charge in [-0.1, -0.05) is 53.7 Å². The Morgan fingerprint density at radius 1 is 1.17 bits per heavy atom. The molecule has 7 nitrogen and oxygen atoms in total. The summed E-state index contributed by atoms with van der Waals surface area (Å²) in [5, 5.41) is 13.3. The fourth-order valence-electron chi connectivity index (χ4n) is 2.66. The van der Waals surface area contributed by atoms with Gasteiger partial charge in [-0.15, -0.1) is 5.10 Å². The van der Waals surface area contributed by atoms with Crippen LogP contribution in [-0.2, 0) is 9.59 Å². The molecule has 1 atom stereocenters. The summed E-state index contributed by atoms with van der Waals surface area (Å²) in [6.07, 6.45) is -0.0774. The zero-order valence-corrected chi connectivity index (χ0v) is 17.9. The molecule has 2 N–H and O–H groups in total. The van der Waals surface area contributed by atoms with Crippen LogP contribution in [0.1, 0.15) is 36.2 Å². The second-order valence-corrected chi connectivity index (χ2v) is 8.31. The summed E-state index contributed by atoms with van der Waals surface area (Å²) in [5.41, 5.74) is 1.84. The lowest BCUT2D eigenvalue weighted by Crippen LogP contribution is -2.28. The van der Waals surface area contributed by atoms with Crippen LogP contribution in [0.3, 0.4) is 0 Å². The average molecular weight is 443 g/mol. The van der Waals surface area contributed by atoms with Crippen LogP contribution in [0, 0.1) is 0 Å². The van der Waals surface area contributed by atoms with Crippen LogP contribution in [0.4, 0.5) is 5.69 Å². The Labute approximate surface area is 183 Å². The van der Waals surface area contributed by atoms with Crippen LogP contribution in [-0.4, -0.2) is 33.7 Å². The molecule has 0 spiro atoms. The van der Waals surface area contributed by atoms with Crippen molar-refractivity contribution < 1.29 is 14.4 Å². The summed E-state index contributed by atoms with van der Waals surface area (Å²) in [6, 6.07) is 13.4. The summed E-state index contributed by atoms with van der Waals surface area (Å²) in [7, 11) is 0. The van der Waals surface area contributed by atoms with Crippen LogP contribution >= 0.6 is 23.4 Å². The minimum atomic E-state index is -0.628. The van der Waals surface area contributed by atoms with E-state index in [0.29, 0.717) is 21.4 Å². The number of hydrogen-bond donors (Lipinski definition) is 2. The minimum Gasteiger partial charge on any atom is -0.325 e. The highest BCUT2D eigenvalue weighted by Gasteiger charge is 2.32. The second kappa shape index (κ2) is 9.69. The number of ketones is 1. The summed E-state index contributed by atoms with van der Waals surface area (Å²) in [4.78, 5) is 37.5. The van der Waals surface area contributed by atoms with Gasteiger partial charge in [-0.25, -0.2) is 0 Å². The first-order valence-electron chi connectivity index (χ1n) is 9.09. The quantitative estimate of drug-likeness (QED) is 0.402. The lowest BCUT2D eigenvalue weighted by Gasteiger charge is -2.12. The van der Waals surface area contributed by atoms with Gasteiger partial charge in [0, 0.05) is 28.3 Å². The monoisotopic (exact) mass is 442 g/mol. The molecule has 2 aromatic rings. The third-order valence-corrected chi connectivity index (χ3v) is 5.33. The largest absolute Gasteiger partial charge is 0.325 e. The number of halogens is 1. The minimum absolute atomic E-state index is 0.0774. The molecule has 0 radical (unpaired) electrons. The van der Waals surface area contributed by atoms with Crippen molar-refractivity contribution in [1.82, 2.24) is 5.32 Å². The lowest BCUT2D eigenvalue weighted by atomic mass is 10.0. The molecule has 1 aliphatic heterocycles. The summed E-state index contributed by atoms with van der Waals surface area (Å²) in [6.45, 7) is 3.58. The normalized spacial score (nSPS) is 16.8. The number of rotatable bonds is 6. The number of nitrogens with one attached hydrogen (secondary N) is 2. The topological polar surface area (TPSA) is 100.0 Å². The van der Waals surface area contributed by atoms with Crippen molar-refractivity contribution in [3.8, 4) is 0 Å². The molecule has 0 unspecified atom stereocenters. The zero-order chi connectivity index (χ0) is 21.7. The van der Waals surface area contributed by atoms with Crippen molar-refractivity contribution in [1.29, 1.82) is 0 Å². The van der Waals surface area contributed by atoms with Crippen molar-refractivity contribution in [3.05, 3.63) is 64.7 Å². The number of benzene rings is 2. The van der Waals surface area contributed by atoms with E-state index in [9.17, 15) is 14.4 Å². The van der Waals surface area contributed by atoms with Crippen molar-refractivity contribution >= 4 is 57.5 Å². The first-order chi connectivity index (χ1) is 14.3. The number of amidine groups is 1. The lowest BCUT2D eigenvalue weighted by molar-refractivity contribution is -0.122. The van der Waals surface area contributed by atoms with Gasteiger partial charge in [0.2, 0.25) is 11.8 Å². The molecule has 0 aliphatic carbocycles. The Kier molecular flexibility index (Phi) is 7.02. The third kappa shape index (κ3) is 5.55. The highest BCUT2D eigenvalue weighted by molar-refractivity contribution is 8.15. The van der Waals surface area contributed by atoms with Gasteiger partial charge in [-0.05, 0) is 32.0 Å². The molecule has 0 saturated carbocycles. The molecule has 1 saturated heterocycles. The van der Waals surface area contributed by atoms with Gasteiger partial charge in [-0.2, -0.15) is 5.10 Å². The standard InChI is InChI=1S/C21H19ClN4O3S/c1-12(2)25-26-21-24-20(29)17(30-21)11-18(27)23-16-9-8-14(22)10-15(16)19(28)13-6-4-3-5-7-13/h3-10,17H,11H2,1-2H3,(H,23,27)(H,24,26,29)/t17-/m1/s1. The van der Waals surface area contributed by atoms with E-state index < -0.39 is 11.2 Å².